The first-order valence-corrected chi connectivity index (χ1v) is 14.2. The molecular weight excluding hydrogens is 480 g/mol. The molecule has 0 bridgehead atoms. The van der Waals surface area contributed by atoms with Crippen molar-refractivity contribution >= 4 is 29.0 Å². The van der Waals surface area contributed by atoms with Gasteiger partial charge in [-0.25, -0.2) is 0 Å². The summed E-state index contributed by atoms with van der Waals surface area (Å²) in [5, 5.41) is 13.4. The van der Waals surface area contributed by atoms with Gasteiger partial charge in [-0.1, -0.05) is 32.0 Å². The summed E-state index contributed by atoms with van der Waals surface area (Å²) in [5.74, 6) is 2.40. The van der Waals surface area contributed by atoms with Crippen LogP contribution < -0.4 is 10.2 Å². The van der Waals surface area contributed by atoms with Gasteiger partial charge in [-0.15, -0.1) is 10.2 Å². The van der Waals surface area contributed by atoms with Gasteiger partial charge in [-0.2, -0.15) is 0 Å². The van der Waals surface area contributed by atoms with Gasteiger partial charge in [0.1, 0.15) is 0 Å². The summed E-state index contributed by atoms with van der Waals surface area (Å²) in [6.07, 6.45) is 3.23. The normalized spacial score (nSPS) is 19.9. The van der Waals surface area contributed by atoms with E-state index in [0.29, 0.717) is 11.8 Å². The highest BCUT2D eigenvalue weighted by Gasteiger charge is 2.30. The van der Waals surface area contributed by atoms with Crippen LogP contribution in [-0.4, -0.2) is 59.3 Å². The van der Waals surface area contributed by atoms with Crippen molar-refractivity contribution in [2.24, 2.45) is 17.8 Å². The lowest BCUT2D eigenvalue weighted by molar-refractivity contribution is -0.117. The zero-order chi connectivity index (χ0) is 25.9. The van der Waals surface area contributed by atoms with Crippen molar-refractivity contribution in [3.05, 3.63) is 48.5 Å². The molecule has 2 aromatic carbocycles. The molecule has 0 radical (unpaired) electrons. The van der Waals surface area contributed by atoms with E-state index in [2.05, 4.69) is 89.1 Å². The van der Waals surface area contributed by atoms with E-state index in [4.69, 9.17) is 5.10 Å². The topological polar surface area (TPSA) is 66.3 Å². The molecule has 2 unspecified atom stereocenters. The summed E-state index contributed by atoms with van der Waals surface area (Å²) in [4.78, 5) is 18.4. The molecule has 2 atom stereocenters. The molecule has 2 heterocycles. The molecule has 1 aliphatic carbocycles. The third-order valence-electron chi connectivity index (χ3n) is 7.10. The Bertz CT molecular complexity index is 1210. The molecule has 37 heavy (non-hydrogen) atoms. The Hall–Kier alpha value is -2.84. The van der Waals surface area contributed by atoms with Crippen molar-refractivity contribution in [1.29, 1.82) is 0 Å². The van der Waals surface area contributed by atoms with Crippen molar-refractivity contribution < 1.29 is 4.79 Å². The number of nitrogens with one attached hydrogen (secondary N) is 1. The van der Waals surface area contributed by atoms with Gasteiger partial charge >= 0.3 is 0 Å². The van der Waals surface area contributed by atoms with Gasteiger partial charge in [0.05, 0.1) is 0 Å². The molecule has 5 rings (SSSR count). The van der Waals surface area contributed by atoms with E-state index in [1.165, 1.54) is 6.42 Å². The largest absolute Gasteiger partial charge is 0.370 e. The lowest BCUT2D eigenvalue weighted by atomic mass is 9.91. The number of piperidine rings is 1. The summed E-state index contributed by atoms with van der Waals surface area (Å²) in [6, 6.07) is 16.6. The number of rotatable bonds is 9. The monoisotopic (exact) mass is 518 g/mol. The van der Waals surface area contributed by atoms with Gasteiger partial charge in [0.15, 0.2) is 11.0 Å². The standard InChI is InChI=1S/C29H38N6OS/c1-20-16-21(2)19-34(18-20)26-17-23(30-28(36)22-10-11-22)12-13-25(26)27-31-32-29(35(27)15-14-33(3)4)37-24-8-6-5-7-9-24/h5-9,12-13,17,20-22H,10-11,14-16,18-19H2,1-4H3,(H,30,36). The molecule has 1 saturated heterocycles. The summed E-state index contributed by atoms with van der Waals surface area (Å²) in [6.45, 7) is 8.32. The van der Waals surface area contributed by atoms with Crippen LogP contribution in [-0.2, 0) is 11.3 Å². The van der Waals surface area contributed by atoms with E-state index in [0.717, 1.165) is 71.8 Å². The quantitative estimate of drug-likeness (QED) is 0.404. The molecule has 7 nitrogen and oxygen atoms in total. The highest BCUT2D eigenvalue weighted by atomic mass is 32.2. The van der Waals surface area contributed by atoms with Crippen molar-refractivity contribution in [2.75, 3.05) is 43.9 Å². The predicted molar refractivity (Wildman–Crippen MR) is 151 cm³/mol. The molecule has 2 aliphatic rings. The molecule has 196 valence electrons. The second-order valence-corrected chi connectivity index (χ2v) is 12.1. The van der Waals surface area contributed by atoms with E-state index < -0.39 is 0 Å². The molecular formula is C29H38N6OS. The van der Waals surface area contributed by atoms with Crippen molar-refractivity contribution in [1.82, 2.24) is 19.7 Å². The lowest BCUT2D eigenvalue weighted by Crippen LogP contribution is -2.39. The Balaban J connectivity index is 1.55. The van der Waals surface area contributed by atoms with Crippen molar-refractivity contribution in [3.63, 3.8) is 0 Å². The Morgan fingerprint density at radius 3 is 2.46 bits per heavy atom. The maximum absolute atomic E-state index is 12.5. The molecule has 1 aromatic heterocycles. The second kappa shape index (κ2) is 11.3. The average Bonchev–Trinajstić information content (AvgIpc) is 3.65. The fourth-order valence-electron chi connectivity index (χ4n) is 5.17. The summed E-state index contributed by atoms with van der Waals surface area (Å²) >= 11 is 1.65. The summed E-state index contributed by atoms with van der Waals surface area (Å²) < 4.78 is 2.25. The van der Waals surface area contributed by atoms with Crippen LogP contribution in [0.1, 0.15) is 33.1 Å². The number of likely N-dealkylation sites (N-methyl/N-ethyl adjacent to an activating group) is 1. The van der Waals surface area contributed by atoms with Crippen LogP contribution in [0.15, 0.2) is 58.6 Å². The third-order valence-corrected chi connectivity index (χ3v) is 8.10. The molecule has 1 saturated carbocycles. The maximum atomic E-state index is 12.5. The molecule has 0 spiro atoms. The van der Waals surface area contributed by atoms with E-state index in [-0.39, 0.29) is 11.8 Å². The minimum atomic E-state index is 0.134. The van der Waals surface area contributed by atoms with Gasteiger partial charge in [-0.05, 0) is 87.3 Å². The minimum absolute atomic E-state index is 0.134. The first kappa shape index (κ1) is 25.8. The van der Waals surface area contributed by atoms with Crippen LogP contribution >= 0.6 is 11.8 Å². The van der Waals surface area contributed by atoms with Gasteiger partial charge in [0.25, 0.3) is 0 Å². The average molecular weight is 519 g/mol. The van der Waals surface area contributed by atoms with Crippen LogP contribution in [0.3, 0.4) is 0 Å². The van der Waals surface area contributed by atoms with Crippen LogP contribution in [0.2, 0.25) is 0 Å². The number of anilines is 2. The number of benzene rings is 2. The van der Waals surface area contributed by atoms with E-state index >= 15 is 0 Å². The van der Waals surface area contributed by atoms with Gasteiger partial charge in [0, 0.05) is 53.9 Å². The fraction of sp³-hybridized carbons (Fsp3) is 0.483. The van der Waals surface area contributed by atoms with Gasteiger partial charge in [-0.3, -0.25) is 4.79 Å². The predicted octanol–water partition coefficient (Wildman–Crippen LogP) is 5.49. The zero-order valence-corrected chi connectivity index (χ0v) is 23.2. The van der Waals surface area contributed by atoms with Crippen molar-refractivity contribution in [3.8, 4) is 11.4 Å². The molecule has 2 fully saturated rings. The minimum Gasteiger partial charge on any atom is -0.370 e. The van der Waals surface area contributed by atoms with E-state index in [9.17, 15) is 4.79 Å². The number of carbonyl (C=O) groups excluding carboxylic acids is 1. The van der Waals surface area contributed by atoms with Crippen LogP contribution in [0.4, 0.5) is 11.4 Å². The maximum Gasteiger partial charge on any atom is 0.227 e. The molecule has 3 aromatic rings. The highest BCUT2D eigenvalue weighted by Crippen LogP contribution is 2.38. The second-order valence-electron chi connectivity index (χ2n) is 11.0. The number of amides is 1. The van der Waals surface area contributed by atoms with Crippen LogP contribution in [0.5, 0.6) is 0 Å². The Kier molecular flexibility index (Phi) is 7.86. The summed E-state index contributed by atoms with van der Waals surface area (Å²) in [7, 11) is 4.18. The molecule has 8 heteroatoms. The number of aromatic nitrogens is 3. The smallest absolute Gasteiger partial charge is 0.227 e. The first-order chi connectivity index (χ1) is 17.9. The Morgan fingerprint density at radius 1 is 1.05 bits per heavy atom. The lowest BCUT2D eigenvalue weighted by Gasteiger charge is -2.37. The highest BCUT2D eigenvalue weighted by molar-refractivity contribution is 7.99. The Labute approximate surface area is 224 Å². The van der Waals surface area contributed by atoms with Gasteiger partial charge in [0.2, 0.25) is 5.91 Å². The number of hydrogen-bond acceptors (Lipinski definition) is 6. The number of nitrogens with zero attached hydrogens (tertiary/aromatic N) is 5. The van der Waals surface area contributed by atoms with Gasteiger partial charge < -0.3 is 19.7 Å². The summed E-state index contributed by atoms with van der Waals surface area (Å²) in [5.41, 5.74) is 3.05. The van der Waals surface area contributed by atoms with Crippen LogP contribution in [0, 0.1) is 17.8 Å². The zero-order valence-electron chi connectivity index (χ0n) is 22.4. The molecule has 1 N–H and O–H groups in total. The third kappa shape index (κ3) is 6.36. The number of hydrogen-bond donors (Lipinski definition) is 1. The van der Waals surface area contributed by atoms with E-state index in [1.807, 2.05) is 12.1 Å². The van der Waals surface area contributed by atoms with E-state index in [1.54, 1.807) is 11.8 Å². The first-order valence-electron chi connectivity index (χ1n) is 13.4. The number of carbonyl (C=O) groups is 1. The molecule has 1 amide bonds. The Morgan fingerprint density at radius 2 is 1.78 bits per heavy atom. The SMILES string of the molecule is CC1CC(C)CN(c2cc(NC(=O)C3CC3)ccc2-c2nnc(Sc3ccccc3)n2CCN(C)C)C1. The van der Waals surface area contributed by atoms with Crippen molar-refractivity contribution in [2.45, 2.75) is 49.7 Å². The van der Waals surface area contributed by atoms with Crippen LogP contribution in [0.25, 0.3) is 11.4 Å². The fourth-order valence-corrected chi connectivity index (χ4v) is 6.04. The molecule has 1 aliphatic heterocycles.